The first kappa shape index (κ1) is 21.3. The summed E-state index contributed by atoms with van der Waals surface area (Å²) < 4.78 is 15.0. The predicted molar refractivity (Wildman–Crippen MR) is 116 cm³/mol. The molecule has 0 unspecified atom stereocenters. The largest absolute Gasteiger partial charge is 0.350 e. The zero-order chi connectivity index (χ0) is 22.0. The van der Waals surface area contributed by atoms with E-state index in [2.05, 4.69) is 10.4 Å². The highest BCUT2D eigenvalue weighted by Gasteiger charge is 2.28. The lowest BCUT2D eigenvalue weighted by Crippen LogP contribution is -2.39. The van der Waals surface area contributed by atoms with Gasteiger partial charge in [0, 0.05) is 35.7 Å². The number of carbonyl (C=O) groups is 2. The highest BCUT2D eigenvalue weighted by atomic mass is 35.5. The highest BCUT2D eigenvalue weighted by Crippen LogP contribution is 2.21. The molecule has 0 aliphatic carbocycles. The third-order valence-electron chi connectivity index (χ3n) is 5.06. The third-order valence-corrected chi connectivity index (χ3v) is 5.65. The van der Waals surface area contributed by atoms with Gasteiger partial charge in [-0.2, -0.15) is 5.10 Å². The Kier molecular flexibility index (Phi) is 6.25. The van der Waals surface area contributed by atoms with Gasteiger partial charge in [-0.15, -0.1) is 0 Å². The van der Waals surface area contributed by atoms with Crippen LogP contribution >= 0.6 is 23.2 Å². The molecule has 3 aromatic rings. The molecule has 160 valence electrons. The summed E-state index contributed by atoms with van der Waals surface area (Å²) in [7, 11) is 0. The number of amides is 2. The first-order valence-electron chi connectivity index (χ1n) is 9.74. The van der Waals surface area contributed by atoms with Crippen LogP contribution in [0.4, 0.5) is 4.39 Å². The number of fused-ring (bicyclic) bond motifs is 1. The molecule has 1 N–H and O–H groups in total. The average molecular weight is 461 g/mol. The van der Waals surface area contributed by atoms with Crippen molar-refractivity contribution in [2.75, 3.05) is 13.1 Å². The van der Waals surface area contributed by atoms with Gasteiger partial charge in [0.05, 0.1) is 6.54 Å². The Labute approximate surface area is 188 Å². The second-order valence-electron chi connectivity index (χ2n) is 7.24. The van der Waals surface area contributed by atoms with Crippen LogP contribution in [-0.2, 0) is 19.5 Å². The van der Waals surface area contributed by atoms with E-state index in [1.165, 1.54) is 22.9 Å². The van der Waals surface area contributed by atoms with Gasteiger partial charge < -0.3 is 10.2 Å². The van der Waals surface area contributed by atoms with E-state index < -0.39 is 0 Å². The number of hydrogen-bond acceptors (Lipinski definition) is 3. The minimum atomic E-state index is -0.364. The highest BCUT2D eigenvalue weighted by molar-refractivity contribution is 6.35. The second-order valence-corrected chi connectivity index (χ2v) is 8.08. The minimum absolute atomic E-state index is 0.179. The van der Waals surface area contributed by atoms with Crippen molar-refractivity contribution >= 4 is 35.0 Å². The summed E-state index contributed by atoms with van der Waals surface area (Å²) >= 11 is 12.0. The number of aromatic nitrogens is 2. The summed E-state index contributed by atoms with van der Waals surface area (Å²) in [6.07, 6.45) is 0.537. The van der Waals surface area contributed by atoms with Gasteiger partial charge in [-0.05, 0) is 41.8 Å². The van der Waals surface area contributed by atoms with Crippen molar-refractivity contribution in [3.63, 3.8) is 0 Å². The van der Waals surface area contributed by atoms with Gasteiger partial charge in [0.1, 0.15) is 11.5 Å². The molecule has 2 heterocycles. The summed E-state index contributed by atoms with van der Waals surface area (Å²) in [6, 6.07) is 12.9. The molecule has 31 heavy (non-hydrogen) atoms. The molecule has 0 atom stereocenters. The van der Waals surface area contributed by atoms with Gasteiger partial charge in [0.15, 0.2) is 5.69 Å². The zero-order valence-corrected chi connectivity index (χ0v) is 18.0. The van der Waals surface area contributed by atoms with Crippen molar-refractivity contribution in [1.29, 1.82) is 0 Å². The molecule has 0 saturated heterocycles. The van der Waals surface area contributed by atoms with Gasteiger partial charge >= 0.3 is 0 Å². The van der Waals surface area contributed by atoms with Crippen molar-refractivity contribution in [2.45, 2.75) is 19.5 Å². The molecule has 1 aromatic heterocycles. The maximum Gasteiger partial charge on any atom is 0.272 e. The van der Waals surface area contributed by atoms with Gasteiger partial charge in [-0.1, -0.05) is 41.4 Å². The topological polar surface area (TPSA) is 67.2 Å². The van der Waals surface area contributed by atoms with E-state index in [0.29, 0.717) is 53.9 Å². The average Bonchev–Trinajstić information content (AvgIpc) is 3.17. The first-order chi connectivity index (χ1) is 14.9. The molecule has 6 nitrogen and oxygen atoms in total. The van der Waals surface area contributed by atoms with E-state index >= 15 is 0 Å². The van der Waals surface area contributed by atoms with Crippen LogP contribution in [0.5, 0.6) is 0 Å². The first-order valence-corrected chi connectivity index (χ1v) is 10.5. The van der Waals surface area contributed by atoms with Crippen molar-refractivity contribution in [2.24, 2.45) is 0 Å². The summed E-state index contributed by atoms with van der Waals surface area (Å²) in [4.78, 5) is 26.9. The van der Waals surface area contributed by atoms with Crippen LogP contribution in [0.25, 0.3) is 0 Å². The molecule has 1 aliphatic heterocycles. The van der Waals surface area contributed by atoms with E-state index in [1.807, 2.05) is 6.07 Å². The number of nitrogens with one attached hydrogen (secondary N) is 1. The van der Waals surface area contributed by atoms with Crippen LogP contribution in [0, 0.1) is 5.82 Å². The van der Waals surface area contributed by atoms with E-state index in [1.54, 1.807) is 29.2 Å². The van der Waals surface area contributed by atoms with Crippen LogP contribution in [0.2, 0.25) is 10.0 Å². The van der Waals surface area contributed by atoms with E-state index in [9.17, 15) is 14.0 Å². The molecule has 0 bridgehead atoms. The summed E-state index contributed by atoms with van der Waals surface area (Å²) in [6.45, 7) is 1.55. The maximum atomic E-state index is 13.4. The Balaban J connectivity index is 1.38. The molecule has 0 radical (unpaired) electrons. The van der Waals surface area contributed by atoms with Crippen LogP contribution in [-0.4, -0.2) is 39.6 Å². The van der Waals surface area contributed by atoms with Crippen molar-refractivity contribution in [1.82, 2.24) is 20.0 Å². The van der Waals surface area contributed by atoms with Crippen LogP contribution in [0.3, 0.4) is 0 Å². The molecular weight excluding hydrogens is 442 g/mol. The molecule has 2 aromatic carbocycles. The number of halogens is 3. The van der Waals surface area contributed by atoms with E-state index in [0.717, 1.165) is 5.56 Å². The van der Waals surface area contributed by atoms with Gasteiger partial charge in [0.2, 0.25) is 0 Å². The number of hydrogen-bond donors (Lipinski definition) is 1. The summed E-state index contributed by atoms with van der Waals surface area (Å²) in [5.74, 6) is -0.947. The molecule has 2 amide bonds. The lowest BCUT2D eigenvalue weighted by atomic mass is 10.1. The zero-order valence-electron chi connectivity index (χ0n) is 16.4. The predicted octanol–water partition coefficient (Wildman–Crippen LogP) is 3.96. The molecule has 4 rings (SSSR count). The monoisotopic (exact) mass is 460 g/mol. The fourth-order valence-electron chi connectivity index (χ4n) is 3.48. The Morgan fingerprint density at radius 2 is 1.97 bits per heavy atom. The number of carbonyl (C=O) groups excluding carboxylic acids is 2. The Bertz CT molecular complexity index is 1150. The molecule has 1 aliphatic rings. The van der Waals surface area contributed by atoms with Crippen molar-refractivity contribution < 1.29 is 14.0 Å². The standard InChI is InChI=1S/C22H19Cl2FN4O2/c23-16-5-4-15(18(24)11-16)6-7-26-21(30)19-12-20-22(31)28(8-9-29(20)27-19)13-14-2-1-3-17(25)10-14/h1-5,10-12H,6-9,13H2,(H,26,30). The maximum absolute atomic E-state index is 13.4. The molecule has 0 saturated carbocycles. The molecule has 0 spiro atoms. The Morgan fingerprint density at radius 1 is 1.13 bits per heavy atom. The second kappa shape index (κ2) is 9.08. The number of benzene rings is 2. The molecule has 9 heteroatoms. The van der Waals surface area contributed by atoms with Gasteiger partial charge in [-0.25, -0.2) is 4.39 Å². The Morgan fingerprint density at radius 3 is 2.74 bits per heavy atom. The lowest BCUT2D eigenvalue weighted by molar-refractivity contribution is 0.0683. The normalized spacial score (nSPS) is 13.3. The number of rotatable bonds is 6. The van der Waals surface area contributed by atoms with Gasteiger partial charge in [0.25, 0.3) is 11.8 Å². The third kappa shape index (κ3) is 4.89. The van der Waals surface area contributed by atoms with Crippen LogP contribution < -0.4 is 5.32 Å². The quantitative estimate of drug-likeness (QED) is 0.605. The smallest absolute Gasteiger partial charge is 0.272 e. The van der Waals surface area contributed by atoms with Crippen LogP contribution in [0.1, 0.15) is 32.1 Å². The van der Waals surface area contributed by atoms with E-state index in [4.69, 9.17) is 23.2 Å². The summed E-state index contributed by atoms with van der Waals surface area (Å²) in [5.41, 5.74) is 2.10. The fourth-order valence-corrected chi connectivity index (χ4v) is 3.98. The minimum Gasteiger partial charge on any atom is -0.350 e. The lowest BCUT2D eigenvalue weighted by Gasteiger charge is -2.27. The number of nitrogens with zero attached hydrogens (tertiary/aromatic N) is 3. The summed E-state index contributed by atoms with van der Waals surface area (Å²) in [5, 5.41) is 8.16. The molecule has 0 fully saturated rings. The fraction of sp³-hybridized carbons (Fsp3) is 0.227. The SMILES string of the molecule is O=C(NCCc1ccc(Cl)cc1Cl)c1cc2n(n1)CCN(Cc1cccc(F)c1)C2=O. The van der Waals surface area contributed by atoms with Gasteiger partial charge in [-0.3, -0.25) is 14.3 Å². The van der Waals surface area contributed by atoms with E-state index in [-0.39, 0.29) is 23.3 Å². The van der Waals surface area contributed by atoms with Crippen molar-refractivity contribution in [3.05, 3.63) is 86.9 Å². The molecular formula is C22H19Cl2FN4O2. The van der Waals surface area contributed by atoms with Crippen LogP contribution in [0.15, 0.2) is 48.5 Å². The van der Waals surface area contributed by atoms with Crippen molar-refractivity contribution in [3.8, 4) is 0 Å². The Hall–Kier alpha value is -2.90.